The number of hydrogen-bond acceptors (Lipinski definition) is 3. The molecule has 3 nitrogen and oxygen atoms in total. The molecule has 0 aromatic heterocycles. The average molecular weight is 230 g/mol. The summed E-state index contributed by atoms with van der Waals surface area (Å²) in [4.78, 5) is 0. The topological polar surface area (TPSA) is 58.3 Å². The summed E-state index contributed by atoms with van der Waals surface area (Å²) in [5.74, 6) is 0. The molecule has 0 spiro atoms. The molecule has 0 amide bonds. The predicted octanol–water partition coefficient (Wildman–Crippen LogP) is 1.42. The third-order valence-electron chi connectivity index (χ3n) is 3.08. The van der Waals surface area contributed by atoms with E-state index in [9.17, 15) is 0 Å². The molecule has 2 aromatic carbocycles. The van der Waals surface area contributed by atoms with Gasteiger partial charge in [-0.2, -0.15) is 0 Å². The van der Waals surface area contributed by atoms with Crippen LogP contribution in [0.2, 0.25) is 0 Å². The Kier molecular flexibility index (Phi) is 3.74. The molecule has 0 heterocycles. The van der Waals surface area contributed by atoms with E-state index in [1.54, 1.807) is 0 Å². The number of aliphatic hydroxyl groups excluding tert-OH is 1. The van der Waals surface area contributed by atoms with E-state index in [0.29, 0.717) is 0 Å². The molecule has 0 fully saturated rings. The highest BCUT2D eigenvalue weighted by Crippen LogP contribution is 2.21. The predicted molar refractivity (Wildman–Crippen MR) is 70.8 cm³/mol. The van der Waals surface area contributed by atoms with E-state index in [-0.39, 0.29) is 18.7 Å². The molecule has 3 heteroatoms. The Hall–Kier alpha value is -1.42. The summed E-state index contributed by atoms with van der Waals surface area (Å²) in [6.07, 6.45) is 0. The summed E-state index contributed by atoms with van der Waals surface area (Å²) in [5, 5.41) is 14.7. The lowest BCUT2D eigenvalue weighted by atomic mass is 9.97. The first-order valence-electron chi connectivity index (χ1n) is 5.78. The number of benzene rings is 2. The maximum absolute atomic E-state index is 9.15. The van der Waals surface area contributed by atoms with Crippen molar-refractivity contribution in [2.75, 3.05) is 13.7 Å². The molecule has 0 aliphatic rings. The molecule has 0 aliphatic heterocycles. The van der Waals surface area contributed by atoms with Gasteiger partial charge in [-0.15, -0.1) is 0 Å². The van der Waals surface area contributed by atoms with Gasteiger partial charge < -0.3 is 16.2 Å². The smallest absolute Gasteiger partial charge is 0.0601 e. The van der Waals surface area contributed by atoms with Gasteiger partial charge >= 0.3 is 0 Å². The Morgan fingerprint density at radius 3 is 2.53 bits per heavy atom. The zero-order valence-electron chi connectivity index (χ0n) is 9.93. The van der Waals surface area contributed by atoms with Gasteiger partial charge in [0.2, 0.25) is 0 Å². The molecule has 17 heavy (non-hydrogen) atoms. The number of aliphatic hydroxyl groups is 1. The Morgan fingerprint density at radius 1 is 1.18 bits per heavy atom. The van der Waals surface area contributed by atoms with Crippen LogP contribution in [0.5, 0.6) is 0 Å². The molecular formula is C14H18N2O. The third kappa shape index (κ3) is 2.47. The zero-order valence-corrected chi connectivity index (χ0v) is 9.93. The van der Waals surface area contributed by atoms with Crippen LogP contribution in [0, 0.1) is 0 Å². The van der Waals surface area contributed by atoms with Gasteiger partial charge in [0, 0.05) is 12.1 Å². The Balaban J connectivity index is 2.40. The van der Waals surface area contributed by atoms with Gasteiger partial charge in [-0.3, -0.25) is 0 Å². The van der Waals surface area contributed by atoms with Crippen molar-refractivity contribution in [1.29, 1.82) is 0 Å². The van der Waals surface area contributed by atoms with E-state index in [0.717, 1.165) is 5.56 Å². The quantitative estimate of drug-likeness (QED) is 0.744. The highest BCUT2D eigenvalue weighted by atomic mass is 16.3. The van der Waals surface area contributed by atoms with Crippen molar-refractivity contribution in [3.05, 3.63) is 48.0 Å². The first-order chi connectivity index (χ1) is 8.26. The number of nitrogens with one attached hydrogen (secondary N) is 1. The van der Waals surface area contributed by atoms with E-state index < -0.39 is 0 Å². The maximum atomic E-state index is 9.15. The van der Waals surface area contributed by atoms with Gasteiger partial charge in [0.05, 0.1) is 6.61 Å². The zero-order chi connectivity index (χ0) is 12.3. The van der Waals surface area contributed by atoms with Crippen LogP contribution in [-0.4, -0.2) is 24.8 Å². The second kappa shape index (κ2) is 5.27. The van der Waals surface area contributed by atoms with E-state index in [1.165, 1.54) is 10.8 Å². The van der Waals surface area contributed by atoms with Gasteiger partial charge in [-0.05, 0) is 29.4 Å². The molecule has 0 aliphatic carbocycles. The number of hydrogen-bond donors (Lipinski definition) is 3. The van der Waals surface area contributed by atoms with Crippen LogP contribution in [-0.2, 0) is 0 Å². The molecule has 2 unspecified atom stereocenters. The van der Waals surface area contributed by atoms with Gasteiger partial charge in [-0.1, -0.05) is 36.4 Å². The Morgan fingerprint density at radius 2 is 1.88 bits per heavy atom. The Bertz CT molecular complexity index is 498. The first kappa shape index (κ1) is 12.0. The standard InChI is InChI=1S/C14H18N2O/c1-16-14(13(15)9-17)12-7-6-10-4-2-3-5-11(10)8-12/h2-8,13-14,16-17H,9,15H2,1H3. The summed E-state index contributed by atoms with van der Waals surface area (Å²) in [6, 6.07) is 14.1. The van der Waals surface area contributed by atoms with Gasteiger partial charge in [-0.25, -0.2) is 0 Å². The summed E-state index contributed by atoms with van der Waals surface area (Å²) in [7, 11) is 1.86. The fourth-order valence-corrected chi connectivity index (χ4v) is 2.13. The van der Waals surface area contributed by atoms with Crippen molar-refractivity contribution in [2.45, 2.75) is 12.1 Å². The number of fused-ring (bicyclic) bond motifs is 1. The SMILES string of the molecule is CNC(c1ccc2ccccc2c1)C(N)CO. The van der Waals surface area contributed by atoms with E-state index in [1.807, 2.05) is 19.2 Å². The van der Waals surface area contributed by atoms with Crippen molar-refractivity contribution < 1.29 is 5.11 Å². The lowest BCUT2D eigenvalue weighted by Crippen LogP contribution is -2.38. The third-order valence-corrected chi connectivity index (χ3v) is 3.08. The summed E-state index contributed by atoms with van der Waals surface area (Å²) >= 11 is 0. The second-order valence-corrected chi connectivity index (χ2v) is 4.22. The van der Waals surface area contributed by atoms with E-state index in [4.69, 9.17) is 10.8 Å². The van der Waals surface area contributed by atoms with Crippen LogP contribution < -0.4 is 11.1 Å². The maximum Gasteiger partial charge on any atom is 0.0601 e. The van der Waals surface area contributed by atoms with Crippen LogP contribution in [0.4, 0.5) is 0 Å². The van der Waals surface area contributed by atoms with Gasteiger partial charge in [0.15, 0.2) is 0 Å². The molecule has 0 saturated heterocycles. The number of nitrogens with two attached hydrogens (primary N) is 1. The summed E-state index contributed by atoms with van der Waals surface area (Å²) < 4.78 is 0. The van der Waals surface area contributed by atoms with Crippen molar-refractivity contribution in [2.24, 2.45) is 5.73 Å². The van der Waals surface area contributed by atoms with Crippen LogP contribution in [0.25, 0.3) is 10.8 Å². The largest absolute Gasteiger partial charge is 0.395 e. The average Bonchev–Trinajstić information content (AvgIpc) is 2.39. The number of rotatable bonds is 4. The minimum absolute atomic E-state index is 0.0235. The van der Waals surface area contributed by atoms with E-state index in [2.05, 4.69) is 35.6 Å². The van der Waals surface area contributed by atoms with Crippen molar-refractivity contribution in [1.82, 2.24) is 5.32 Å². The normalized spacial score (nSPS) is 14.8. The van der Waals surface area contributed by atoms with Crippen LogP contribution >= 0.6 is 0 Å². The van der Waals surface area contributed by atoms with Crippen molar-refractivity contribution in [3.63, 3.8) is 0 Å². The highest BCUT2D eigenvalue weighted by Gasteiger charge is 2.17. The lowest BCUT2D eigenvalue weighted by Gasteiger charge is -2.22. The first-order valence-corrected chi connectivity index (χ1v) is 5.78. The van der Waals surface area contributed by atoms with Gasteiger partial charge in [0.1, 0.15) is 0 Å². The molecule has 2 rings (SSSR count). The minimum atomic E-state index is -0.291. The van der Waals surface area contributed by atoms with Gasteiger partial charge in [0.25, 0.3) is 0 Å². The second-order valence-electron chi connectivity index (χ2n) is 4.22. The monoisotopic (exact) mass is 230 g/mol. The lowest BCUT2D eigenvalue weighted by molar-refractivity contribution is 0.240. The summed E-state index contributed by atoms with van der Waals surface area (Å²) in [6.45, 7) is -0.0294. The van der Waals surface area contributed by atoms with Crippen LogP contribution in [0.3, 0.4) is 0 Å². The molecule has 0 bridgehead atoms. The molecule has 2 aromatic rings. The van der Waals surface area contributed by atoms with Crippen LogP contribution in [0.15, 0.2) is 42.5 Å². The molecule has 2 atom stereocenters. The van der Waals surface area contributed by atoms with Crippen molar-refractivity contribution >= 4 is 10.8 Å². The fraction of sp³-hybridized carbons (Fsp3) is 0.286. The van der Waals surface area contributed by atoms with Crippen LogP contribution in [0.1, 0.15) is 11.6 Å². The highest BCUT2D eigenvalue weighted by molar-refractivity contribution is 5.83. The summed E-state index contributed by atoms with van der Waals surface area (Å²) in [5.41, 5.74) is 7.00. The molecule has 0 saturated carbocycles. The molecule has 90 valence electrons. The number of likely N-dealkylation sites (N-methyl/N-ethyl adjacent to an activating group) is 1. The molecular weight excluding hydrogens is 212 g/mol. The molecule has 4 N–H and O–H groups in total. The Labute approximate surface area is 101 Å². The van der Waals surface area contributed by atoms with Crippen molar-refractivity contribution in [3.8, 4) is 0 Å². The van der Waals surface area contributed by atoms with E-state index >= 15 is 0 Å². The fourth-order valence-electron chi connectivity index (χ4n) is 2.13. The minimum Gasteiger partial charge on any atom is -0.395 e. The molecule has 0 radical (unpaired) electrons.